The molecular formula is C13H12N2O4. The lowest BCUT2D eigenvalue weighted by molar-refractivity contribution is -0.134. The lowest BCUT2D eigenvalue weighted by Crippen LogP contribution is -2.37. The van der Waals surface area contributed by atoms with E-state index >= 15 is 0 Å². The molecule has 0 spiro atoms. The van der Waals surface area contributed by atoms with Gasteiger partial charge in [-0.05, 0) is 19.1 Å². The number of carbonyl (C=O) groups is 3. The molecule has 1 aliphatic heterocycles. The van der Waals surface area contributed by atoms with Crippen LogP contribution < -0.4 is 0 Å². The Balaban J connectivity index is 2.23. The van der Waals surface area contributed by atoms with Gasteiger partial charge in [-0.1, -0.05) is 18.2 Å². The highest BCUT2D eigenvalue weighted by atomic mass is 16.6. The molecule has 0 radical (unpaired) electrons. The monoisotopic (exact) mass is 260 g/mol. The van der Waals surface area contributed by atoms with E-state index in [0.29, 0.717) is 10.6 Å². The van der Waals surface area contributed by atoms with Crippen LogP contribution in [0, 0.1) is 0 Å². The first-order valence-electron chi connectivity index (χ1n) is 5.80. The summed E-state index contributed by atoms with van der Waals surface area (Å²) in [4.78, 5) is 39.6. The number of rotatable bonds is 2. The van der Waals surface area contributed by atoms with Crippen LogP contribution in [0.3, 0.4) is 0 Å². The number of nitrogens with zero attached hydrogens (tertiary/aromatic N) is 2. The van der Waals surface area contributed by atoms with Crippen LogP contribution in [0.25, 0.3) is 0 Å². The zero-order chi connectivity index (χ0) is 13.8. The van der Waals surface area contributed by atoms with Crippen molar-refractivity contribution in [2.24, 2.45) is 4.99 Å². The van der Waals surface area contributed by atoms with Crippen molar-refractivity contribution in [1.82, 2.24) is 4.90 Å². The number of para-hydroxylation sites is 1. The van der Waals surface area contributed by atoms with Crippen molar-refractivity contribution >= 4 is 29.3 Å². The predicted molar refractivity (Wildman–Crippen MR) is 67.0 cm³/mol. The topological polar surface area (TPSA) is 76.0 Å². The van der Waals surface area contributed by atoms with Gasteiger partial charge in [0.15, 0.2) is 0 Å². The molecule has 2 rings (SSSR count). The standard InChI is InChI=1S/C13H12N2O4/c1-2-19-13(18)15-11(16)8-10(12(15)17)14-9-6-4-3-5-7-9/h3-7H,2,8H2,1H3. The van der Waals surface area contributed by atoms with Crippen LogP contribution in [0.5, 0.6) is 0 Å². The van der Waals surface area contributed by atoms with Crippen LogP contribution in [-0.2, 0) is 14.3 Å². The third-order valence-electron chi connectivity index (χ3n) is 2.49. The van der Waals surface area contributed by atoms with Crippen molar-refractivity contribution in [3.05, 3.63) is 30.3 Å². The van der Waals surface area contributed by atoms with Gasteiger partial charge in [-0.3, -0.25) is 9.59 Å². The van der Waals surface area contributed by atoms with Crippen molar-refractivity contribution in [3.63, 3.8) is 0 Å². The molecule has 0 saturated carbocycles. The fraction of sp³-hybridized carbons (Fsp3) is 0.231. The van der Waals surface area contributed by atoms with E-state index in [2.05, 4.69) is 9.73 Å². The molecule has 1 aromatic carbocycles. The Morgan fingerprint density at radius 2 is 2.00 bits per heavy atom. The molecule has 0 bridgehead atoms. The summed E-state index contributed by atoms with van der Waals surface area (Å²) in [5.74, 6) is -1.33. The molecule has 1 saturated heterocycles. The molecule has 3 amide bonds. The molecule has 0 atom stereocenters. The normalized spacial score (nSPS) is 17.1. The van der Waals surface area contributed by atoms with Gasteiger partial charge in [0, 0.05) is 0 Å². The van der Waals surface area contributed by atoms with Gasteiger partial charge in [0.05, 0.1) is 18.7 Å². The summed E-state index contributed by atoms with van der Waals surface area (Å²) in [5, 5.41) is 0. The van der Waals surface area contributed by atoms with Gasteiger partial charge in [-0.15, -0.1) is 0 Å². The highest BCUT2D eigenvalue weighted by molar-refractivity contribution is 6.51. The lowest BCUT2D eigenvalue weighted by atomic mass is 10.3. The van der Waals surface area contributed by atoms with Crippen molar-refractivity contribution in [1.29, 1.82) is 0 Å². The zero-order valence-electron chi connectivity index (χ0n) is 10.3. The second-order valence-corrected chi connectivity index (χ2v) is 3.80. The maximum absolute atomic E-state index is 11.9. The number of amides is 3. The molecule has 0 unspecified atom stereocenters. The first-order valence-corrected chi connectivity index (χ1v) is 5.80. The predicted octanol–water partition coefficient (Wildman–Crippen LogP) is 1.67. The SMILES string of the molecule is CCOC(=O)N1C(=O)CC(=Nc2ccccc2)C1=O. The van der Waals surface area contributed by atoms with Gasteiger partial charge in [-0.2, -0.15) is 4.90 Å². The fourth-order valence-corrected chi connectivity index (χ4v) is 1.66. The zero-order valence-corrected chi connectivity index (χ0v) is 10.3. The molecule has 1 aromatic rings. The summed E-state index contributed by atoms with van der Waals surface area (Å²) in [6.45, 7) is 1.70. The second-order valence-electron chi connectivity index (χ2n) is 3.80. The Kier molecular flexibility index (Phi) is 3.70. The van der Waals surface area contributed by atoms with E-state index in [4.69, 9.17) is 0 Å². The molecular weight excluding hydrogens is 248 g/mol. The van der Waals surface area contributed by atoms with Crippen molar-refractivity contribution in [2.75, 3.05) is 6.61 Å². The molecule has 1 aliphatic rings. The van der Waals surface area contributed by atoms with Gasteiger partial charge in [0.1, 0.15) is 5.71 Å². The maximum atomic E-state index is 11.9. The largest absolute Gasteiger partial charge is 0.449 e. The van der Waals surface area contributed by atoms with Crippen LogP contribution in [0.4, 0.5) is 10.5 Å². The van der Waals surface area contributed by atoms with E-state index in [1.165, 1.54) is 0 Å². The minimum Gasteiger partial charge on any atom is -0.449 e. The first kappa shape index (κ1) is 12.9. The average Bonchev–Trinajstić information content (AvgIpc) is 2.66. The Bertz CT molecular complexity index is 551. The second kappa shape index (κ2) is 5.43. The van der Waals surface area contributed by atoms with Crippen LogP contribution in [0.15, 0.2) is 35.3 Å². The number of hydrogen-bond donors (Lipinski definition) is 0. The molecule has 0 N–H and O–H groups in total. The minimum atomic E-state index is -0.948. The quantitative estimate of drug-likeness (QED) is 0.758. The Labute approximate surface area is 109 Å². The van der Waals surface area contributed by atoms with E-state index in [1.54, 1.807) is 31.2 Å². The van der Waals surface area contributed by atoms with Crippen LogP contribution in [0.1, 0.15) is 13.3 Å². The lowest BCUT2D eigenvalue weighted by Gasteiger charge is -2.09. The van der Waals surface area contributed by atoms with Gasteiger partial charge >= 0.3 is 6.09 Å². The number of carbonyl (C=O) groups excluding carboxylic acids is 3. The van der Waals surface area contributed by atoms with Gasteiger partial charge in [-0.25, -0.2) is 9.79 Å². The summed E-state index contributed by atoms with van der Waals surface area (Å²) in [7, 11) is 0. The molecule has 6 nitrogen and oxygen atoms in total. The summed E-state index contributed by atoms with van der Waals surface area (Å²) in [5.41, 5.74) is 0.605. The van der Waals surface area contributed by atoms with E-state index in [-0.39, 0.29) is 18.7 Å². The number of ether oxygens (including phenoxy) is 1. The molecule has 1 fully saturated rings. The van der Waals surface area contributed by atoms with E-state index < -0.39 is 17.9 Å². The third kappa shape index (κ3) is 2.67. The number of imide groups is 3. The Hall–Kier alpha value is -2.50. The number of aliphatic imine (C=N–C) groups is 1. The van der Waals surface area contributed by atoms with Crippen molar-refractivity contribution in [3.8, 4) is 0 Å². The summed E-state index contributed by atoms with van der Waals surface area (Å²) >= 11 is 0. The number of benzene rings is 1. The van der Waals surface area contributed by atoms with Gasteiger partial charge < -0.3 is 4.74 Å². The van der Waals surface area contributed by atoms with Gasteiger partial charge in [0.25, 0.3) is 5.91 Å². The highest BCUT2D eigenvalue weighted by Gasteiger charge is 2.40. The molecule has 98 valence electrons. The molecule has 6 heteroatoms. The summed E-state index contributed by atoms with van der Waals surface area (Å²) in [6, 6.07) is 8.76. The molecule has 0 aliphatic carbocycles. The van der Waals surface area contributed by atoms with Crippen LogP contribution >= 0.6 is 0 Å². The van der Waals surface area contributed by atoms with E-state index in [9.17, 15) is 14.4 Å². The van der Waals surface area contributed by atoms with Crippen LogP contribution in [0.2, 0.25) is 0 Å². The molecule has 0 aromatic heterocycles. The molecule has 1 heterocycles. The highest BCUT2D eigenvalue weighted by Crippen LogP contribution is 2.17. The smallest absolute Gasteiger partial charge is 0.423 e. The maximum Gasteiger partial charge on any atom is 0.423 e. The number of hydrogen-bond acceptors (Lipinski definition) is 5. The Morgan fingerprint density at radius 1 is 1.32 bits per heavy atom. The Morgan fingerprint density at radius 3 is 2.63 bits per heavy atom. The molecule has 19 heavy (non-hydrogen) atoms. The fourth-order valence-electron chi connectivity index (χ4n) is 1.66. The van der Waals surface area contributed by atoms with Crippen molar-refractivity contribution < 1.29 is 19.1 Å². The first-order chi connectivity index (χ1) is 9.13. The van der Waals surface area contributed by atoms with E-state index in [1.807, 2.05) is 6.07 Å². The summed E-state index contributed by atoms with van der Waals surface area (Å²) in [6.07, 6.45) is -1.14. The minimum absolute atomic E-state index is 0.0456. The van der Waals surface area contributed by atoms with Crippen LogP contribution in [-0.4, -0.2) is 35.1 Å². The van der Waals surface area contributed by atoms with Crippen molar-refractivity contribution in [2.45, 2.75) is 13.3 Å². The number of likely N-dealkylation sites (tertiary alicyclic amines) is 1. The average molecular weight is 260 g/mol. The van der Waals surface area contributed by atoms with Gasteiger partial charge in [0.2, 0.25) is 5.91 Å². The van der Waals surface area contributed by atoms with E-state index in [0.717, 1.165) is 0 Å². The summed E-state index contributed by atoms with van der Waals surface area (Å²) < 4.78 is 4.66. The third-order valence-corrected chi connectivity index (χ3v) is 2.49.